The molecule has 3 nitrogen and oxygen atoms in total. The summed E-state index contributed by atoms with van der Waals surface area (Å²) in [6.07, 6.45) is 3.94. The summed E-state index contributed by atoms with van der Waals surface area (Å²) in [5.74, 6) is 1.42. The Hall–Kier alpha value is -0.580. The third-order valence-electron chi connectivity index (χ3n) is 3.95. The minimum absolute atomic E-state index is 0.406. The zero-order chi connectivity index (χ0) is 15.2. The third kappa shape index (κ3) is 4.70. The predicted molar refractivity (Wildman–Crippen MR) is 87.6 cm³/mol. The van der Waals surface area contributed by atoms with Crippen molar-refractivity contribution < 1.29 is 14.6 Å². The van der Waals surface area contributed by atoms with Crippen LogP contribution in [0.5, 0.6) is 5.75 Å². The van der Waals surface area contributed by atoms with E-state index in [2.05, 4.69) is 22.9 Å². The smallest absolute Gasteiger partial charge is 0.133 e. The Bertz CT molecular complexity index is 444. The van der Waals surface area contributed by atoms with Crippen LogP contribution in [0.2, 0.25) is 0 Å². The van der Waals surface area contributed by atoms with Crippen molar-refractivity contribution in [3.63, 3.8) is 0 Å². The summed E-state index contributed by atoms with van der Waals surface area (Å²) in [5.41, 5.74) is 0.950. The van der Waals surface area contributed by atoms with Crippen LogP contribution < -0.4 is 4.74 Å². The molecular formula is C17H25BrO3. The molecule has 0 heterocycles. The molecule has 0 bridgehead atoms. The van der Waals surface area contributed by atoms with Crippen molar-refractivity contribution >= 4 is 15.9 Å². The van der Waals surface area contributed by atoms with E-state index in [-0.39, 0.29) is 0 Å². The number of aliphatic hydroxyl groups is 1. The van der Waals surface area contributed by atoms with Gasteiger partial charge in [0.25, 0.3) is 0 Å². The molecule has 0 amide bonds. The minimum atomic E-state index is -0.408. The molecule has 1 N–H and O–H groups in total. The van der Waals surface area contributed by atoms with Crippen molar-refractivity contribution in [2.45, 2.75) is 51.7 Å². The molecule has 1 unspecified atom stereocenters. The lowest BCUT2D eigenvalue weighted by atomic mass is 9.78. The van der Waals surface area contributed by atoms with E-state index >= 15 is 0 Å². The van der Waals surface area contributed by atoms with E-state index in [0.29, 0.717) is 18.6 Å². The van der Waals surface area contributed by atoms with E-state index in [1.165, 1.54) is 0 Å². The molecule has 21 heavy (non-hydrogen) atoms. The Kier molecular flexibility index (Phi) is 6.52. The van der Waals surface area contributed by atoms with Gasteiger partial charge in [-0.05, 0) is 72.2 Å². The van der Waals surface area contributed by atoms with Gasteiger partial charge in [0, 0.05) is 6.61 Å². The van der Waals surface area contributed by atoms with Gasteiger partial charge in [-0.15, -0.1) is 0 Å². The largest absolute Gasteiger partial charge is 0.492 e. The summed E-state index contributed by atoms with van der Waals surface area (Å²) in [7, 11) is 0. The van der Waals surface area contributed by atoms with Crippen LogP contribution in [-0.2, 0) is 4.74 Å². The molecule has 1 fully saturated rings. The number of ether oxygens (including phenoxy) is 2. The quantitative estimate of drug-likeness (QED) is 0.746. The van der Waals surface area contributed by atoms with Gasteiger partial charge in [-0.25, -0.2) is 0 Å². The second-order valence-electron chi connectivity index (χ2n) is 5.70. The second kappa shape index (κ2) is 8.16. The van der Waals surface area contributed by atoms with Crippen molar-refractivity contribution in [1.82, 2.24) is 0 Å². The number of hydrogen-bond donors (Lipinski definition) is 1. The molecule has 1 atom stereocenters. The first-order valence-corrected chi connectivity index (χ1v) is 8.65. The van der Waals surface area contributed by atoms with Gasteiger partial charge in [-0.1, -0.05) is 13.0 Å². The number of hydrogen-bond acceptors (Lipinski definition) is 3. The molecule has 4 heteroatoms. The molecule has 0 aliphatic heterocycles. The van der Waals surface area contributed by atoms with Crippen LogP contribution in [0.3, 0.4) is 0 Å². The van der Waals surface area contributed by atoms with E-state index < -0.39 is 6.10 Å². The van der Waals surface area contributed by atoms with E-state index in [0.717, 1.165) is 48.1 Å². The topological polar surface area (TPSA) is 38.7 Å². The highest BCUT2D eigenvalue weighted by Gasteiger charge is 2.31. The van der Waals surface area contributed by atoms with Crippen LogP contribution in [0, 0.1) is 5.92 Å². The van der Waals surface area contributed by atoms with Gasteiger partial charge in [-0.2, -0.15) is 0 Å². The summed E-state index contributed by atoms with van der Waals surface area (Å²) in [5, 5.41) is 10.4. The lowest BCUT2D eigenvalue weighted by Crippen LogP contribution is -2.32. The van der Waals surface area contributed by atoms with Gasteiger partial charge < -0.3 is 14.6 Å². The fraction of sp³-hybridized carbons (Fsp3) is 0.647. The predicted octanol–water partition coefficient (Wildman–Crippen LogP) is 4.48. The van der Waals surface area contributed by atoms with Crippen LogP contribution in [0.4, 0.5) is 0 Å². The van der Waals surface area contributed by atoms with Gasteiger partial charge in [0.05, 0.1) is 23.3 Å². The number of aliphatic hydroxyl groups excluding tert-OH is 1. The van der Waals surface area contributed by atoms with Crippen molar-refractivity contribution in [1.29, 1.82) is 0 Å². The molecule has 0 saturated heterocycles. The van der Waals surface area contributed by atoms with Crippen molar-refractivity contribution in [3.05, 3.63) is 28.2 Å². The Morgan fingerprint density at radius 1 is 1.33 bits per heavy atom. The molecule has 1 aromatic carbocycles. The van der Waals surface area contributed by atoms with Crippen molar-refractivity contribution in [2.75, 3.05) is 13.2 Å². The Morgan fingerprint density at radius 2 is 2.10 bits per heavy atom. The first-order valence-electron chi connectivity index (χ1n) is 7.85. The molecule has 1 aliphatic rings. The summed E-state index contributed by atoms with van der Waals surface area (Å²) >= 11 is 3.52. The fourth-order valence-electron chi connectivity index (χ4n) is 2.74. The van der Waals surface area contributed by atoms with Gasteiger partial charge in [0.2, 0.25) is 0 Å². The maximum absolute atomic E-state index is 10.4. The normalized spacial score (nSPS) is 22.7. The van der Waals surface area contributed by atoms with Gasteiger partial charge in [-0.3, -0.25) is 0 Å². The molecule has 0 radical (unpaired) electrons. The molecule has 0 spiro atoms. The minimum Gasteiger partial charge on any atom is -0.492 e. The molecule has 2 rings (SSSR count). The highest BCUT2D eigenvalue weighted by molar-refractivity contribution is 9.10. The highest BCUT2D eigenvalue weighted by Crippen LogP contribution is 2.38. The van der Waals surface area contributed by atoms with Crippen LogP contribution in [0.15, 0.2) is 22.7 Å². The zero-order valence-corrected chi connectivity index (χ0v) is 14.4. The van der Waals surface area contributed by atoms with E-state index in [9.17, 15) is 5.11 Å². The lowest BCUT2D eigenvalue weighted by Gasteiger charge is -2.36. The number of halogens is 1. The first-order chi connectivity index (χ1) is 10.1. The SMILES string of the molecule is CCCOc1ccc(C(O)CC2CC(OCC)C2)cc1Br. The average Bonchev–Trinajstić information content (AvgIpc) is 2.43. The van der Waals surface area contributed by atoms with E-state index in [1.807, 2.05) is 25.1 Å². The van der Waals surface area contributed by atoms with Gasteiger partial charge in [0.1, 0.15) is 5.75 Å². The van der Waals surface area contributed by atoms with Crippen molar-refractivity contribution in [2.24, 2.45) is 5.92 Å². The highest BCUT2D eigenvalue weighted by atomic mass is 79.9. The van der Waals surface area contributed by atoms with Crippen LogP contribution in [0.1, 0.15) is 51.2 Å². The molecular weight excluding hydrogens is 332 g/mol. The standard InChI is InChI=1S/C17H25BrO3/c1-3-7-21-17-6-5-13(11-15(17)18)16(19)10-12-8-14(9-12)20-4-2/h5-6,11-12,14,16,19H,3-4,7-10H2,1-2H3. The summed E-state index contributed by atoms with van der Waals surface area (Å²) < 4.78 is 12.1. The van der Waals surface area contributed by atoms with Crippen LogP contribution >= 0.6 is 15.9 Å². The van der Waals surface area contributed by atoms with Crippen molar-refractivity contribution in [3.8, 4) is 5.75 Å². The summed E-state index contributed by atoms with van der Waals surface area (Å²) in [6.45, 7) is 5.61. The summed E-state index contributed by atoms with van der Waals surface area (Å²) in [6, 6.07) is 5.86. The molecule has 1 saturated carbocycles. The molecule has 0 aromatic heterocycles. The van der Waals surface area contributed by atoms with Crippen LogP contribution in [-0.4, -0.2) is 24.4 Å². The Labute approximate surface area is 135 Å². The van der Waals surface area contributed by atoms with Gasteiger partial charge in [0.15, 0.2) is 0 Å². The number of rotatable bonds is 8. The second-order valence-corrected chi connectivity index (χ2v) is 6.56. The van der Waals surface area contributed by atoms with E-state index in [4.69, 9.17) is 9.47 Å². The maximum atomic E-state index is 10.4. The fourth-order valence-corrected chi connectivity index (χ4v) is 3.25. The summed E-state index contributed by atoms with van der Waals surface area (Å²) in [4.78, 5) is 0. The molecule has 1 aliphatic carbocycles. The Morgan fingerprint density at radius 3 is 2.71 bits per heavy atom. The third-order valence-corrected chi connectivity index (χ3v) is 4.57. The monoisotopic (exact) mass is 356 g/mol. The zero-order valence-electron chi connectivity index (χ0n) is 12.8. The number of benzene rings is 1. The molecule has 118 valence electrons. The first kappa shape index (κ1) is 16.8. The lowest BCUT2D eigenvalue weighted by molar-refractivity contribution is -0.0380. The van der Waals surface area contributed by atoms with E-state index in [1.54, 1.807) is 0 Å². The van der Waals surface area contributed by atoms with Crippen LogP contribution in [0.25, 0.3) is 0 Å². The van der Waals surface area contributed by atoms with Gasteiger partial charge >= 0.3 is 0 Å². The average molecular weight is 357 g/mol. The Balaban J connectivity index is 1.85. The molecule has 1 aromatic rings. The maximum Gasteiger partial charge on any atom is 0.133 e.